The fraction of sp³-hybridized carbons (Fsp3) is 0.400. The van der Waals surface area contributed by atoms with Crippen molar-refractivity contribution in [2.24, 2.45) is 7.05 Å². The molecule has 102 valence electrons. The Morgan fingerprint density at radius 3 is 2.58 bits per heavy atom. The molecule has 0 fully saturated rings. The number of hydrogen-bond donors (Lipinski definition) is 1. The van der Waals surface area contributed by atoms with E-state index < -0.39 is 0 Å². The van der Waals surface area contributed by atoms with Crippen LogP contribution < -0.4 is 5.32 Å². The summed E-state index contributed by atoms with van der Waals surface area (Å²) in [6.07, 6.45) is 0. The van der Waals surface area contributed by atoms with Crippen molar-refractivity contribution < 1.29 is 0 Å². The standard InChI is InChI=1S/C15H20ClN3/c1-5-17-15(14-8-11(3)18-19(14)4)12-7-6-10(2)13(16)9-12/h6-9,15,17H,5H2,1-4H3. The van der Waals surface area contributed by atoms with E-state index in [9.17, 15) is 0 Å². The van der Waals surface area contributed by atoms with Crippen LogP contribution in [-0.2, 0) is 7.05 Å². The van der Waals surface area contributed by atoms with Crippen LogP contribution >= 0.6 is 11.6 Å². The summed E-state index contributed by atoms with van der Waals surface area (Å²) in [5.74, 6) is 0. The molecule has 1 N–H and O–H groups in total. The van der Waals surface area contributed by atoms with Gasteiger partial charge in [-0.15, -0.1) is 0 Å². The average Bonchev–Trinajstić information content (AvgIpc) is 2.69. The van der Waals surface area contributed by atoms with Gasteiger partial charge in [0.05, 0.1) is 17.4 Å². The molecule has 19 heavy (non-hydrogen) atoms. The monoisotopic (exact) mass is 277 g/mol. The van der Waals surface area contributed by atoms with Crippen LogP contribution in [-0.4, -0.2) is 16.3 Å². The molecule has 1 aromatic carbocycles. The van der Waals surface area contributed by atoms with Crippen molar-refractivity contribution in [3.63, 3.8) is 0 Å². The second-order valence-electron chi connectivity index (χ2n) is 4.83. The van der Waals surface area contributed by atoms with Gasteiger partial charge in [0, 0.05) is 12.1 Å². The first kappa shape index (κ1) is 14.1. The molecule has 0 saturated heterocycles. The summed E-state index contributed by atoms with van der Waals surface area (Å²) in [6, 6.07) is 8.45. The minimum Gasteiger partial charge on any atom is -0.305 e. The molecule has 0 spiro atoms. The third kappa shape index (κ3) is 2.99. The van der Waals surface area contributed by atoms with E-state index in [0.717, 1.165) is 28.5 Å². The van der Waals surface area contributed by atoms with Crippen molar-refractivity contribution in [2.75, 3.05) is 6.54 Å². The fourth-order valence-electron chi connectivity index (χ4n) is 2.29. The SMILES string of the molecule is CCNC(c1ccc(C)c(Cl)c1)c1cc(C)nn1C. The van der Waals surface area contributed by atoms with Gasteiger partial charge in [0.25, 0.3) is 0 Å². The number of hydrogen-bond acceptors (Lipinski definition) is 2. The maximum atomic E-state index is 6.24. The molecule has 1 atom stereocenters. The summed E-state index contributed by atoms with van der Waals surface area (Å²) in [5, 5.41) is 8.72. The van der Waals surface area contributed by atoms with Crippen LogP contribution in [0.15, 0.2) is 24.3 Å². The lowest BCUT2D eigenvalue weighted by atomic mass is 10.0. The molecule has 0 aliphatic rings. The zero-order valence-corrected chi connectivity index (χ0v) is 12.6. The Kier molecular flexibility index (Phi) is 4.27. The summed E-state index contributed by atoms with van der Waals surface area (Å²) in [5.41, 5.74) is 4.44. The van der Waals surface area contributed by atoms with Crippen molar-refractivity contribution in [2.45, 2.75) is 26.8 Å². The molecular formula is C15H20ClN3. The highest BCUT2D eigenvalue weighted by Gasteiger charge is 2.17. The van der Waals surface area contributed by atoms with Crippen LogP contribution in [0.25, 0.3) is 0 Å². The Balaban J connectivity index is 2.44. The van der Waals surface area contributed by atoms with E-state index in [2.05, 4.69) is 35.5 Å². The average molecular weight is 278 g/mol. The Morgan fingerprint density at radius 1 is 1.32 bits per heavy atom. The van der Waals surface area contributed by atoms with E-state index in [1.54, 1.807) is 0 Å². The van der Waals surface area contributed by atoms with Crippen LogP contribution in [0, 0.1) is 13.8 Å². The fourth-order valence-corrected chi connectivity index (χ4v) is 2.48. The molecule has 1 unspecified atom stereocenters. The lowest BCUT2D eigenvalue weighted by Crippen LogP contribution is -2.24. The van der Waals surface area contributed by atoms with Gasteiger partial charge < -0.3 is 5.32 Å². The quantitative estimate of drug-likeness (QED) is 0.928. The first-order valence-corrected chi connectivity index (χ1v) is 6.90. The Labute approximate surface area is 119 Å². The van der Waals surface area contributed by atoms with E-state index >= 15 is 0 Å². The van der Waals surface area contributed by atoms with Gasteiger partial charge in [-0.25, -0.2) is 0 Å². The van der Waals surface area contributed by atoms with E-state index in [1.165, 1.54) is 5.56 Å². The van der Waals surface area contributed by atoms with Crippen molar-refractivity contribution in [3.8, 4) is 0 Å². The molecule has 1 heterocycles. The molecule has 0 amide bonds. The first-order chi connectivity index (χ1) is 9.02. The largest absolute Gasteiger partial charge is 0.305 e. The van der Waals surface area contributed by atoms with Gasteiger partial charge in [-0.2, -0.15) is 5.10 Å². The van der Waals surface area contributed by atoms with Crippen LogP contribution in [0.4, 0.5) is 0 Å². The summed E-state index contributed by atoms with van der Waals surface area (Å²) in [6.45, 7) is 7.02. The maximum absolute atomic E-state index is 6.24. The molecule has 3 nitrogen and oxygen atoms in total. The molecule has 0 radical (unpaired) electrons. The second-order valence-corrected chi connectivity index (χ2v) is 5.24. The number of halogens is 1. The number of aromatic nitrogens is 2. The van der Waals surface area contributed by atoms with Crippen molar-refractivity contribution in [1.29, 1.82) is 0 Å². The minimum atomic E-state index is 0.120. The molecule has 0 aliphatic carbocycles. The predicted octanol–water partition coefficient (Wildman–Crippen LogP) is 3.39. The Hall–Kier alpha value is -1.32. The van der Waals surface area contributed by atoms with Crippen LogP contribution in [0.1, 0.15) is 35.5 Å². The van der Waals surface area contributed by atoms with Crippen molar-refractivity contribution in [3.05, 3.63) is 51.8 Å². The molecular weight excluding hydrogens is 258 g/mol. The van der Waals surface area contributed by atoms with Crippen LogP contribution in [0.5, 0.6) is 0 Å². The van der Waals surface area contributed by atoms with Crippen molar-refractivity contribution in [1.82, 2.24) is 15.1 Å². The van der Waals surface area contributed by atoms with Crippen LogP contribution in [0.2, 0.25) is 5.02 Å². The van der Waals surface area contributed by atoms with Gasteiger partial charge in [0.15, 0.2) is 0 Å². The number of rotatable bonds is 4. The molecule has 2 rings (SSSR count). The van der Waals surface area contributed by atoms with E-state index in [0.29, 0.717) is 0 Å². The second kappa shape index (κ2) is 5.76. The number of nitrogens with one attached hydrogen (secondary N) is 1. The normalized spacial score (nSPS) is 12.7. The van der Waals surface area contributed by atoms with Crippen molar-refractivity contribution >= 4 is 11.6 Å². The maximum Gasteiger partial charge on any atom is 0.0748 e. The van der Waals surface area contributed by atoms with E-state index in [-0.39, 0.29) is 6.04 Å². The highest BCUT2D eigenvalue weighted by atomic mass is 35.5. The third-order valence-corrected chi connectivity index (χ3v) is 3.68. The molecule has 0 aliphatic heterocycles. The molecule has 1 aromatic heterocycles. The Morgan fingerprint density at radius 2 is 2.05 bits per heavy atom. The van der Waals surface area contributed by atoms with Gasteiger partial charge in [-0.3, -0.25) is 4.68 Å². The lowest BCUT2D eigenvalue weighted by molar-refractivity contribution is 0.572. The van der Waals surface area contributed by atoms with Gasteiger partial charge in [0.2, 0.25) is 0 Å². The summed E-state index contributed by atoms with van der Waals surface area (Å²) >= 11 is 6.24. The zero-order valence-electron chi connectivity index (χ0n) is 11.9. The van der Waals surface area contributed by atoms with Gasteiger partial charge in [0.1, 0.15) is 0 Å². The summed E-state index contributed by atoms with van der Waals surface area (Å²) in [7, 11) is 1.97. The van der Waals surface area contributed by atoms with E-state index in [4.69, 9.17) is 11.6 Å². The topological polar surface area (TPSA) is 29.9 Å². The number of aryl methyl sites for hydroxylation is 3. The summed E-state index contributed by atoms with van der Waals surface area (Å²) in [4.78, 5) is 0. The molecule has 0 saturated carbocycles. The van der Waals surface area contributed by atoms with Gasteiger partial charge in [-0.05, 0) is 43.7 Å². The lowest BCUT2D eigenvalue weighted by Gasteiger charge is -2.19. The smallest absolute Gasteiger partial charge is 0.0748 e. The number of benzene rings is 1. The number of nitrogens with zero attached hydrogens (tertiary/aromatic N) is 2. The molecule has 0 bridgehead atoms. The molecule has 4 heteroatoms. The van der Waals surface area contributed by atoms with Gasteiger partial charge in [-0.1, -0.05) is 30.7 Å². The highest BCUT2D eigenvalue weighted by molar-refractivity contribution is 6.31. The van der Waals surface area contributed by atoms with Crippen LogP contribution in [0.3, 0.4) is 0 Å². The minimum absolute atomic E-state index is 0.120. The zero-order chi connectivity index (χ0) is 14.0. The third-order valence-electron chi connectivity index (χ3n) is 3.27. The Bertz CT molecular complexity index is 575. The summed E-state index contributed by atoms with van der Waals surface area (Å²) < 4.78 is 1.93. The van der Waals surface area contributed by atoms with E-state index in [1.807, 2.05) is 31.6 Å². The first-order valence-electron chi connectivity index (χ1n) is 6.53. The highest BCUT2D eigenvalue weighted by Crippen LogP contribution is 2.26. The van der Waals surface area contributed by atoms with Gasteiger partial charge >= 0.3 is 0 Å². The molecule has 2 aromatic rings. The predicted molar refractivity (Wildman–Crippen MR) is 79.7 cm³/mol.